The van der Waals surface area contributed by atoms with E-state index >= 15 is 0 Å². The van der Waals surface area contributed by atoms with Gasteiger partial charge in [0, 0.05) is 11.8 Å². The lowest BCUT2D eigenvalue weighted by atomic mass is 9.33. The third kappa shape index (κ3) is 8.16. The molecule has 70 heavy (non-hydrogen) atoms. The van der Waals surface area contributed by atoms with Crippen LogP contribution in [0.2, 0.25) is 0 Å². The zero-order valence-electron chi connectivity index (χ0n) is 42.5. The van der Waals surface area contributed by atoms with E-state index in [1.165, 1.54) is 5.57 Å². The molecular formula is C54H86O16. The minimum absolute atomic E-state index is 0.00775. The molecule has 0 amide bonds. The molecule has 11 N–H and O–H groups in total. The van der Waals surface area contributed by atoms with Gasteiger partial charge in [-0.05, 0) is 152 Å². The van der Waals surface area contributed by atoms with Gasteiger partial charge in [-0.15, -0.1) is 0 Å². The third-order valence-corrected chi connectivity index (χ3v) is 22.4. The molecule has 8 fully saturated rings. The number of hydrogen-bond donors (Lipinski definition) is 11. The van der Waals surface area contributed by atoms with Gasteiger partial charge in [0.15, 0.2) is 6.29 Å². The fourth-order valence-electron chi connectivity index (χ4n) is 18.1. The number of aliphatic carboxylic acids is 1. The van der Waals surface area contributed by atoms with E-state index in [2.05, 4.69) is 54.5 Å². The summed E-state index contributed by atoms with van der Waals surface area (Å²) in [6.07, 6.45) is -6.07. The number of ether oxygens (including phenoxy) is 3. The highest BCUT2D eigenvalue weighted by atomic mass is 16.7. The van der Waals surface area contributed by atoms with Gasteiger partial charge in [0.1, 0.15) is 60.7 Å². The molecule has 0 aromatic carbocycles. The van der Waals surface area contributed by atoms with E-state index < -0.39 is 116 Å². The Morgan fingerprint density at radius 2 is 1.27 bits per heavy atom. The Bertz CT molecular complexity index is 1990. The van der Waals surface area contributed by atoms with Crippen LogP contribution in [0.1, 0.15) is 138 Å². The normalized spacial score (nSPS) is 54.0. The summed E-state index contributed by atoms with van der Waals surface area (Å²) in [6, 6.07) is 0. The number of carbonyl (C=O) groups is 2. The zero-order chi connectivity index (χ0) is 51.0. The second kappa shape index (κ2) is 18.6. The van der Waals surface area contributed by atoms with E-state index in [-0.39, 0.29) is 63.5 Å². The van der Waals surface area contributed by atoms with Crippen molar-refractivity contribution in [2.45, 2.75) is 218 Å². The van der Waals surface area contributed by atoms with Crippen molar-refractivity contribution in [2.24, 2.45) is 79.8 Å². The molecular weight excluding hydrogens is 905 g/mol. The zero-order valence-corrected chi connectivity index (χ0v) is 42.5. The lowest BCUT2D eigenvalue weighted by Crippen LogP contribution is -2.65. The highest BCUT2D eigenvalue weighted by Gasteiger charge is 2.71. The molecule has 0 radical (unpaired) electrons. The summed E-state index contributed by atoms with van der Waals surface area (Å²) >= 11 is 0. The standard InChI is InChI=1S/C54H86O16/c1-49(2)16-18-54(37(57)21-32-39(59)42(62)40(60)33(23-55)68-32)19-17-52(6)30(31(54)22-49)10-11-36-51(5)14-12-29(50(3,4)35(51)13-15-53(36,52)7)28-20-27(28)25-8-9-26(47(66)67)38(58)44(64)46(25)70-48-45(65)43(63)41(61)34(24-56)69-48/h10,25-29,31-36,38-46,48,55-56,58-65H,8-9,11-24H2,1-7H3,(H,66,67)/t25-,26-,27?,28?,29+,31-,32-,33+,34+,35-,36+,38+,39-,40+,41+,42+,43-,44-,45+,46-,48-,51-,52+,53+,54-/m0/s1. The molecule has 398 valence electrons. The first-order valence-electron chi connectivity index (χ1n) is 26.8. The maximum atomic E-state index is 15.0. The van der Waals surface area contributed by atoms with Gasteiger partial charge in [-0.1, -0.05) is 60.1 Å². The Kier molecular flexibility index (Phi) is 14.1. The van der Waals surface area contributed by atoms with Crippen LogP contribution >= 0.6 is 0 Å². The number of carbonyl (C=O) groups excluding carboxylic acids is 1. The lowest BCUT2D eigenvalue weighted by Gasteiger charge is -2.71. The van der Waals surface area contributed by atoms with Gasteiger partial charge < -0.3 is 70.4 Å². The first kappa shape index (κ1) is 53.2. The molecule has 9 rings (SSSR count). The number of ketones is 1. The van der Waals surface area contributed by atoms with E-state index in [1.54, 1.807) is 0 Å². The number of aliphatic hydroxyl groups excluding tert-OH is 10. The van der Waals surface area contributed by atoms with Crippen LogP contribution < -0.4 is 0 Å². The van der Waals surface area contributed by atoms with E-state index in [1.807, 2.05) is 0 Å². The number of fused-ring (bicyclic) bond motifs is 7. The van der Waals surface area contributed by atoms with Crippen molar-refractivity contribution < 1.29 is 80.0 Å². The molecule has 0 bridgehead atoms. The minimum Gasteiger partial charge on any atom is -0.481 e. The predicted molar refractivity (Wildman–Crippen MR) is 252 cm³/mol. The van der Waals surface area contributed by atoms with Gasteiger partial charge >= 0.3 is 5.97 Å². The number of carboxylic acids is 1. The molecule has 25 atom stereocenters. The Labute approximate surface area is 413 Å². The predicted octanol–water partition coefficient (Wildman–Crippen LogP) is 2.86. The number of allylic oxidation sites excluding steroid dienone is 2. The van der Waals surface area contributed by atoms with Crippen LogP contribution in [0.3, 0.4) is 0 Å². The van der Waals surface area contributed by atoms with E-state index in [0.717, 1.165) is 70.6 Å². The maximum absolute atomic E-state index is 15.0. The van der Waals surface area contributed by atoms with E-state index in [4.69, 9.17) is 14.2 Å². The number of hydrogen-bond acceptors (Lipinski definition) is 15. The van der Waals surface area contributed by atoms with Crippen LogP contribution in [0.25, 0.3) is 0 Å². The summed E-state index contributed by atoms with van der Waals surface area (Å²) in [5, 5.41) is 117. The Morgan fingerprint density at radius 1 is 0.643 bits per heavy atom. The number of aliphatic hydroxyl groups is 10. The largest absolute Gasteiger partial charge is 0.481 e. The fourth-order valence-corrected chi connectivity index (χ4v) is 18.1. The molecule has 6 saturated carbocycles. The average Bonchev–Trinajstić information content (AvgIpc) is 4.10. The van der Waals surface area contributed by atoms with Gasteiger partial charge in [-0.25, -0.2) is 0 Å². The highest BCUT2D eigenvalue weighted by Crippen LogP contribution is 2.77. The first-order valence-corrected chi connectivity index (χ1v) is 26.8. The molecule has 2 saturated heterocycles. The number of carboxylic acid groups (broad SMARTS) is 1. The third-order valence-electron chi connectivity index (χ3n) is 22.4. The maximum Gasteiger partial charge on any atom is 0.309 e. The molecule has 2 aliphatic heterocycles. The van der Waals surface area contributed by atoms with Gasteiger partial charge in [-0.3, -0.25) is 9.59 Å². The van der Waals surface area contributed by atoms with Gasteiger partial charge in [0.05, 0.1) is 37.4 Å². The average molecular weight is 991 g/mol. The Hall–Kier alpha value is -1.64. The summed E-state index contributed by atoms with van der Waals surface area (Å²) in [4.78, 5) is 27.3. The molecule has 0 aromatic heterocycles. The molecule has 9 aliphatic rings. The molecule has 7 aliphatic carbocycles. The summed E-state index contributed by atoms with van der Waals surface area (Å²) < 4.78 is 17.9. The monoisotopic (exact) mass is 991 g/mol. The van der Waals surface area contributed by atoms with Crippen molar-refractivity contribution in [1.29, 1.82) is 0 Å². The lowest BCUT2D eigenvalue weighted by molar-refractivity contribution is -0.324. The van der Waals surface area contributed by atoms with Gasteiger partial charge in [-0.2, -0.15) is 0 Å². The molecule has 16 heteroatoms. The first-order chi connectivity index (χ1) is 32.7. The fraction of sp³-hybridized carbons (Fsp3) is 0.926. The van der Waals surface area contributed by atoms with Crippen LogP contribution in [0.15, 0.2) is 11.6 Å². The van der Waals surface area contributed by atoms with Crippen LogP contribution in [0, 0.1) is 79.8 Å². The van der Waals surface area contributed by atoms with Gasteiger partial charge in [0.25, 0.3) is 0 Å². The van der Waals surface area contributed by atoms with Crippen LogP contribution in [0.5, 0.6) is 0 Å². The van der Waals surface area contributed by atoms with Crippen molar-refractivity contribution in [3.05, 3.63) is 11.6 Å². The van der Waals surface area contributed by atoms with E-state index in [0.29, 0.717) is 24.2 Å². The van der Waals surface area contributed by atoms with Crippen LogP contribution in [-0.4, -0.2) is 161 Å². The Morgan fingerprint density at radius 3 is 1.93 bits per heavy atom. The van der Waals surface area contributed by atoms with Crippen molar-refractivity contribution in [1.82, 2.24) is 0 Å². The van der Waals surface area contributed by atoms with Crippen molar-refractivity contribution >= 4 is 11.8 Å². The Balaban J connectivity index is 0.958. The van der Waals surface area contributed by atoms with Crippen molar-refractivity contribution in [3.8, 4) is 0 Å². The molecule has 0 aromatic rings. The molecule has 2 unspecified atom stereocenters. The second-order valence-corrected chi connectivity index (χ2v) is 26.4. The smallest absolute Gasteiger partial charge is 0.309 e. The van der Waals surface area contributed by atoms with Crippen LogP contribution in [0.4, 0.5) is 0 Å². The summed E-state index contributed by atoms with van der Waals surface area (Å²) in [7, 11) is 0. The quantitative estimate of drug-likeness (QED) is 0.111. The summed E-state index contributed by atoms with van der Waals surface area (Å²) in [5.74, 6) is -1.47. The number of rotatable bonds is 10. The minimum atomic E-state index is -1.73. The van der Waals surface area contributed by atoms with Crippen LogP contribution in [-0.2, 0) is 23.8 Å². The van der Waals surface area contributed by atoms with Crippen molar-refractivity contribution in [2.75, 3.05) is 13.2 Å². The summed E-state index contributed by atoms with van der Waals surface area (Å²) in [5.41, 5.74) is 0.479. The van der Waals surface area contributed by atoms with E-state index in [9.17, 15) is 65.8 Å². The molecule has 0 spiro atoms. The topological polar surface area (TPSA) is 284 Å². The molecule has 2 heterocycles. The van der Waals surface area contributed by atoms with Gasteiger partial charge in [0.2, 0.25) is 0 Å². The number of Topliss-reactive ketones (excluding diaryl/α,β-unsaturated/α-hetero) is 1. The second-order valence-electron chi connectivity index (χ2n) is 26.4. The van der Waals surface area contributed by atoms with Crippen molar-refractivity contribution in [3.63, 3.8) is 0 Å². The summed E-state index contributed by atoms with van der Waals surface area (Å²) in [6.45, 7) is 15.8. The SMILES string of the molecule is CC1(C)CC[C@]2(C(=O)C[C@@H]3O[C@H](CO)[C@@H](O)[C@H](O)[C@H]3O)CC[C@]3(C)C(=CC[C@@H]4[C@@]5(C)CC[C@H](C6CC6[C@@H]6CC[C@H](C(=O)O)[C@@H](O)[C@H](O)[C@H]6O[C@@H]6O[C@H](CO)[C@@H](O)[C@H](O)[C@H]6O)C(C)(C)[C@@H]5CC[C@]43C)[C@@H]2C1. The highest BCUT2D eigenvalue weighted by molar-refractivity contribution is 5.87. The molecule has 16 nitrogen and oxygen atoms in total.